The minimum atomic E-state index is 0.494. The molecule has 1 rings (SSSR count). The van der Waals surface area contributed by atoms with Crippen LogP contribution in [0.4, 0.5) is 5.13 Å². The van der Waals surface area contributed by atoms with Gasteiger partial charge in [-0.05, 0) is 12.8 Å². The number of nitrogens with two attached hydrogens (primary N) is 1. The van der Waals surface area contributed by atoms with Crippen molar-refractivity contribution in [1.29, 1.82) is 0 Å². The van der Waals surface area contributed by atoms with Gasteiger partial charge in [-0.1, -0.05) is 13.8 Å². The highest BCUT2D eigenvalue weighted by Gasteiger charge is 2.07. The molecule has 3 heteroatoms. The molecule has 56 valence electrons. The van der Waals surface area contributed by atoms with Crippen molar-refractivity contribution < 1.29 is 0 Å². The van der Waals surface area contributed by atoms with Crippen molar-refractivity contribution in [1.82, 2.24) is 4.98 Å². The fourth-order valence-corrected chi connectivity index (χ4v) is 1.81. The topological polar surface area (TPSA) is 38.9 Å². The molecule has 1 aromatic heterocycles. The van der Waals surface area contributed by atoms with Gasteiger partial charge in [-0.3, -0.25) is 0 Å². The van der Waals surface area contributed by atoms with Crippen molar-refractivity contribution in [2.24, 2.45) is 0 Å². The monoisotopic (exact) mass is 156 g/mol. The van der Waals surface area contributed by atoms with E-state index >= 15 is 0 Å². The first-order valence-electron chi connectivity index (χ1n) is 3.34. The summed E-state index contributed by atoms with van der Waals surface area (Å²) in [6.45, 7) is 6.31. The Morgan fingerprint density at radius 2 is 2.10 bits per heavy atom. The normalized spacial score (nSPS) is 10.8. The van der Waals surface area contributed by atoms with E-state index in [1.165, 1.54) is 4.88 Å². The van der Waals surface area contributed by atoms with Gasteiger partial charge in [0.15, 0.2) is 5.13 Å². The molecule has 1 aromatic rings. The van der Waals surface area contributed by atoms with Crippen LogP contribution in [0, 0.1) is 6.92 Å². The zero-order chi connectivity index (χ0) is 7.72. The molecular weight excluding hydrogens is 144 g/mol. The van der Waals surface area contributed by atoms with Crippen molar-refractivity contribution in [2.45, 2.75) is 26.7 Å². The van der Waals surface area contributed by atoms with E-state index in [2.05, 4.69) is 25.8 Å². The van der Waals surface area contributed by atoms with Crippen molar-refractivity contribution in [3.63, 3.8) is 0 Å². The van der Waals surface area contributed by atoms with E-state index in [9.17, 15) is 0 Å². The van der Waals surface area contributed by atoms with Crippen LogP contribution < -0.4 is 5.73 Å². The van der Waals surface area contributed by atoms with Gasteiger partial charge in [-0.15, -0.1) is 11.3 Å². The van der Waals surface area contributed by atoms with Gasteiger partial charge < -0.3 is 5.73 Å². The molecule has 0 bridgehead atoms. The Morgan fingerprint density at radius 1 is 1.50 bits per heavy atom. The highest BCUT2D eigenvalue weighted by molar-refractivity contribution is 7.15. The van der Waals surface area contributed by atoms with E-state index in [-0.39, 0.29) is 0 Å². The molecule has 0 unspecified atom stereocenters. The Bertz CT molecular complexity index is 228. The minimum absolute atomic E-state index is 0.494. The molecule has 2 N–H and O–H groups in total. The Kier molecular flexibility index (Phi) is 1.94. The van der Waals surface area contributed by atoms with Crippen LogP contribution >= 0.6 is 11.3 Å². The van der Waals surface area contributed by atoms with E-state index in [0.717, 1.165) is 5.69 Å². The molecule has 0 amide bonds. The molecule has 0 radical (unpaired) electrons. The average molecular weight is 156 g/mol. The first-order valence-corrected chi connectivity index (χ1v) is 4.15. The van der Waals surface area contributed by atoms with Crippen LogP contribution in [-0.2, 0) is 0 Å². The number of nitrogens with zero attached hydrogens (tertiary/aromatic N) is 1. The van der Waals surface area contributed by atoms with Crippen LogP contribution in [0.3, 0.4) is 0 Å². The lowest BCUT2D eigenvalue weighted by Crippen LogP contribution is -1.90. The summed E-state index contributed by atoms with van der Waals surface area (Å²) in [6.07, 6.45) is 0. The average Bonchev–Trinajstić information content (AvgIpc) is 2.10. The van der Waals surface area contributed by atoms with Crippen molar-refractivity contribution >= 4 is 16.5 Å². The van der Waals surface area contributed by atoms with Gasteiger partial charge in [0.1, 0.15) is 0 Å². The maximum Gasteiger partial charge on any atom is 0.180 e. The summed E-state index contributed by atoms with van der Waals surface area (Å²) >= 11 is 1.56. The third-order valence-corrected chi connectivity index (χ3v) is 2.21. The largest absolute Gasteiger partial charge is 0.375 e. The molecule has 0 atom stereocenters. The number of rotatable bonds is 1. The summed E-state index contributed by atoms with van der Waals surface area (Å²) in [5, 5.41) is 0.682. The van der Waals surface area contributed by atoms with E-state index in [1.54, 1.807) is 11.3 Å². The second kappa shape index (κ2) is 2.58. The van der Waals surface area contributed by atoms with Gasteiger partial charge in [0.25, 0.3) is 0 Å². The molecular formula is C7H12N2S. The molecule has 0 spiro atoms. The Hall–Kier alpha value is -0.570. The molecule has 0 saturated heterocycles. The summed E-state index contributed by atoms with van der Waals surface area (Å²) in [6, 6.07) is 0. The van der Waals surface area contributed by atoms with Crippen LogP contribution in [-0.4, -0.2) is 4.98 Å². The summed E-state index contributed by atoms with van der Waals surface area (Å²) in [7, 11) is 0. The predicted molar refractivity (Wildman–Crippen MR) is 45.4 cm³/mol. The van der Waals surface area contributed by atoms with Gasteiger partial charge >= 0.3 is 0 Å². The minimum Gasteiger partial charge on any atom is -0.375 e. The van der Waals surface area contributed by atoms with Crippen molar-refractivity contribution in [3.05, 3.63) is 10.6 Å². The zero-order valence-electron chi connectivity index (χ0n) is 6.51. The van der Waals surface area contributed by atoms with Gasteiger partial charge in [0.05, 0.1) is 5.69 Å². The van der Waals surface area contributed by atoms with Crippen molar-refractivity contribution in [2.75, 3.05) is 5.73 Å². The summed E-state index contributed by atoms with van der Waals surface area (Å²) in [5.74, 6) is 0.494. The predicted octanol–water partition coefficient (Wildman–Crippen LogP) is 2.16. The molecule has 10 heavy (non-hydrogen) atoms. The van der Waals surface area contributed by atoms with Gasteiger partial charge in [-0.2, -0.15) is 0 Å². The van der Waals surface area contributed by atoms with Gasteiger partial charge in [-0.25, -0.2) is 4.98 Å². The van der Waals surface area contributed by atoms with Gasteiger partial charge in [0.2, 0.25) is 0 Å². The maximum atomic E-state index is 5.52. The number of aromatic nitrogens is 1. The smallest absolute Gasteiger partial charge is 0.180 e. The Morgan fingerprint density at radius 3 is 2.30 bits per heavy atom. The fraction of sp³-hybridized carbons (Fsp3) is 0.571. The quantitative estimate of drug-likeness (QED) is 0.676. The van der Waals surface area contributed by atoms with Crippen LogP contribution in [0.1, 0.15) is 30.3 Å². The van der Waals surface area contributed by atoms with Crippen LogP contribution in [0.25, 0.3) is 0 Å². The first-order chi connectivity index (χ1) is 4.61. The number of nitrogen functional groups attached to an aromatic ring is 1. The third kappa shape index (κ3) is 1.29. The number of aryl methyl sites for hydroxylation is 1. The number of hydrogen-bond acceptors (Lipinski definition) is 3. The molecule has 0 aromatic carbocycles. The van der Waals surface area contributed by atoms with E-state index in [4.69, 9.17) is 5.73 Å². The lowest BCUT2D eigenvalue weighted by atomic mass is 10.1. The Balaban J connectivity index is 3.03. The molecule has 0 aliphatic rings. The van der Waals surface area contributed by atoms with Crippen LogP contribution in [0.5, 0.6) is 0 Å². The SMILES string of the molecule is Cc1sc(N)nc1C(C)C. The Labute approximate surface area is 65.1 Å². The summed E-state index contributed by atoms with van der Waals surface area (Å²) < 4.78 is 0. The number of hydrogen-bond donors (Lipinski definition) is 1. The third-order valence-electron chi connectivity index (χ3n) is 1.40. The second-order valence-electron chi connectivity index (χ2n) is 2.65. The fourth-order valence-electron chi connectivity index (χ4n) is 0.965. The van der Waals surface area contributed by atoms with Crippen LogP contribution in [0.2, 0.25) is 0 Å². The lowest BCUT2D eigenvalue weighted by molar-refractivity contribution is 0.826. The highest BCUT2D eigenvalue weighted by Crippen LogP contribution is 2.24. The number of anilines is 1. The maximum absolute atomic E-state index is 5.52. The first kappa shape index (κ1) is 7.54. The highest BCUT2D eigenvalue weighted by atomic mass is 32.1. The van der Waals surface area contributed by atoms with Gasteiger partial charge in [0, 0.05) is 4.88 Å². The molecule has 0 fully saturated rings. The van der Waals surface area contributed by atoms with E-state index in [0.29, 0.717) is 11.0 Å². The summed E-state index contributed by atoms with van der Waals surface area (Å²) in [4.78, 5) is 5.45. The van der Waals surface area contributed by atoms with Crippen molar-refractivity contribution in [3.8, 4) is 0 Å². The van der Waals surface area contributed by atoms with E-state index < -0.39 is 0 Å². The van der Waals surface area contributed by atoms with Crippen LogP contribution in [0.15, 0.2) is 0 Å². The summed E-state index contributed by atoms with van der Waals surface area (Å²) in [5.41, 5.74) is 6.67. The second-order valence-corrected chi connectivity index (χ2v) is 3.88. The number of thiazole rings is 1. The molecule has 0 aliphatic heterocycles. The van der Waals surface area contributed by atoms with E-state index in [1.807, 2.05) is 0 Å². The molecule has 2 nitrogen and oxygen atoms in total. The standard InChI is InChI=1S/C7H12N2S/c1-4(2)6-5(3)10-7(8)9-6/h4H,1-3H3,(H2,8,9). The molecule has 1 heterocycles. The molecule has 0 saturated carbocycles. The zero-order valence-corrected chi connectivity index (χ0v) is 7.33. The lowest BCUT2D eigenvalue weighted by Gasteiger charge is -1.98. The molecule has 0 aliphatic carbocycles.